The van der Waals surface area contributed by atoms with Crippen molar-refractivity contribution in [3.05, 3.63) is 64.6 Å². The molecule has 172 valence electrons. The van der Waals surface area contributed by atoms with Crippen LogP contribution < -0.4 is 5.32 Å². The fraction of sp³-hybridized carbons (Fsp3) is 0.200. The van der Waals surface area contributed by atoms with Gasteiger partial charge in [-0.15, -0.1) is 11.3 Å². The smallest absolute Gasteiger partial charge is 0.340 e. The number of hydrogen-bond acceptors (Lipinski definition) is 6. The van der Waals surface area contributed by atoms with Crippen LogP contribution in [0.25, 0.3) is 21.5 Å². The lowest BCUT2D eigenvalue weighted by Gasteiger charge is -2.08. The highest BCUT2D eigenvalue weighted by molar-refractivity contribution is 7.20. The van der Waals surface area contributed by atoms with Crippen LogP contribution in [0.15, 0.2) is 47.1 Å². The van der Waals surface area contributed by atoms with Crippen LogP contribution in [0.2, 0.25) is 0 Å². The number of pyridine rings is 1. The van der Waals surface area contributed by atoms with Crippen LogP contribution in [0.3, 0.4) is 0 Å². The Labute approximate surface area is 185 Å². The number of nitrogens with one attached hydrogen (secondary N) is 1. The standard InChI is InChI=1S/C20H12F6N4O2S/c1-9(18-29-16(30-32-18)11-4-5-27-15(7-11)20(24,25)26)28-17(31)14-6-10-2-3-12(19(21,22)23)8-13(10)33-14/h2-9H,1H3,(H,28,31). The molecule has 1 atom stereocenters. The SMILES string of the molecule is CC(NC(=O)c1cc2ccc(C(F)(F)F)cc2s1)c1nc(-c2ccnc(C(F)(F)F)c2)no1. The Morgan fingerprint density at radius 3 is 2.52 bits per heavy atom. The summed E-state index contributed by atoms with van der Waals surface area (Å²) >= 11 is 0.887. The summed E-state index contributed by atoms with van der Waals surface area (Å²) in [6.07, 6.45) is -8.18. The van der Waals surface area contributed by atoms with Crippen molar-refractivity contribution in [1.29, 1.82) is 0 Å². The first kappa shape index (κ1) is 22.7. The molecule has 0 saturated heterocycles. The van der Waals surface area contributed by atoms with Gasteiger partial charge in [-0.05, 0) is 42.6 Å². The minimum Gasteiger partial charge on any atom is -0.340 e. The molecule has 0 spiro atoms. The molecule has 0 aliphatic carbocycles. The molecular formula is C20H12F6N4O2S. The number of aromatic nitrogens is 3. The molecule has 1 aromatic carbocycles. The predicted octanol–water partition coefficient (Wildman–Crippen LogP) is 5.87. The molecule has 4 aromatic rings. The van der Waals surface area contributed by atoms with Gasteiger partial charge in [-0.1, -0.05) is 11.2 Å². The first-order valence-corrected chi connectivity index (χ1v) is 10.0. The predicted molar refractivity (Wildman–Crippen MR) is 105 cm³/mol. The minimum absolute atomic E-state index is 0.0239. The quantitative estimate of drug-likeness (QED) is 0.365. The third-order valence-electron chi connectivity index (χ3n) is 4.54. The second kappa shape index (κ2) is 8.14. The van der Waals surface area contributed by atoms with Gasteiger partial charge in [-0.3, -0.25) is 9.78 Å². The molecule has 0 radical (unpaired) electrons. The van der Waals surface area contributed by atoms with Crippen molar-refractivity contribution in [2.24, 2.45) is 0 Å². The van der Waals surface area contributed by atoms with E-state index in [2.05, 4.69) is 20.4 Å². The average molecular weight is 486 g/mol. The van der Waals surface area contributed by atoms with E-state index < -0.39 is 35.6 Å². The van der Waals surface area contributed by atoms with E-state index in [1.165, 1.54) is 25.1 Å². The largest absolute Gasteiger partial charge is 0.433 e. The Morgan fingerprint density at radius 1 is 1.06 bits per heavy atom. The number of thiophene rings is 1. The van der Waals surface area contributed by atoms with Crippen LogP contribution in [-0.4, -0.2) is 21.0 Å². The maximum Gasteiger partial charge on any atom is 0.433 e. The van der Waals surface area contributed by atoms with Gasteiger partial charge in [0.25, 0.3) is 5.91 Å². The zero-order chi connectivity index (χ0) is 24.0. The Bertz CT molecular complexity index is 1330. The average Bonchev–Trinajstić information content (AvgIpc) is 3.39. The van der Waals surface area contributed by atoms with Crippen molar-refractivity contribution in [3.63, 3.8) is 0 Å². The number of nitrogens with zero attached hydrogens (tertiary/aromatic N) is 3. The number of benzene rings is 1. The molecule has 0 aliphatic heterocycles. The second-order valence-electron chi connectivity index (χ2n) is 6.94. The zero-order valence-corrected chi connectivity index (χ0v) is 17.3. The monoisotopic (exact) mass is 486 g/mol. The number of carbonyl (C=O) groups is 1. The number of fused-ring (bicyclic) bond motifs is 1. The van der Waals surface area contributed by atoms with Crippen molar-refractivity contribution in [3.8, 4) is 11.4 Å². The summed E-state index contributed by atoms with van der Waals surface area (Å²) in [5.74, 6) is -0.773. The first-order valence-electron chi connectivity index (χ1n) is 9.21. The van der Waals surface area contributed by atoms with Crippen LogP contribution in [0.4, 0.5) is 26.3 Å². The first-order chi connectivity index (χ1) is 15.4. The fourth-order valence-electron chi connectivity index (χ4n) is 2.90. The van der Waals surface area contributed by atoms with Gasteiger partial charge in [-0.25, -0.2) is 0 Å². The molecule has 1 amide bonds. The van der Waals surface area contributed by atoms with Crippen LogP contribution in [0, 0.1) is 0 Å². The van der Waals surface area contributed by atoms with Crippen LogP contribution in [0.5, 0.6) is 0 Å². The molecule has 3 aromatic heterocycles. The molecule has 13 heteroatoms. The van der Waals surface area contributed by atoms with E-state index in [1.54, 1.807) is 0 Å². The van der Waals surface area contributed by atoms with Crippen molar-refractivity contribution in [1.82, 2.24) is 20.4 Å². The number of carbonyl (C=O) groups excluding carboxylic acids is 1. The summed E-state index contributed by atoms with van der Waals surface area (Å²) in [5.41, 5.74) is -1.91. The third-order valence-corrected chi connectivity index (χ3v) is 5.64. The molecule has 33 heavy (non-hydrogen) atoms. The molecule has 1 N–H and O–H groups in total. The molecule has 1 unspecified atom stereocenters. The second-order valence-corrected chi connectivity index (χ2v) is 8.02. The Morgan fingerprint density at radius 2 is 1.82 bits per heavy atom. The van der Waals surface area contributed by atoms with Crippen LogP contribution >= 0.6 is 11.3 Å². The van der Waals surface area contributed by atoms with E-state index in [0.717, 1.165) is 35.7 Å². The van der Waals surface area contributed by atoms with Gasteiger partial charge in [0.15, 0.2) is 0 Å². The van der Waals surface area contributed by atoms with E-state index in [0.29, 0.717) is 10.1 Å². The normalized spacial score (nSPS) is 13.3. The van der Waals surface area contributed by atoms with Gasteiger partial charge in [0.2, 0.25) is 11.7 Å². The Kier molecular flexibility index (Phi) is 5.60. The molecule has 4 rings (SSSR count). The highest BCUT2D eigenvalue weighted by atomic mass is 32.1. The van der Waals surface area contributed by atoms with Crippen molar-refractivity contribution >= 4 is 27.3 Å². The van der Waals surface area contributed by atoms with E-state index in [4.69, 9.17) is 4.52 Å². The highest BCUT2D eigenvalue weighted by Gasteiger charge is 2.33. The van der Waals surface area contributed by atoms with Crippen LogP contribution in [-0.2, 0) is 12.4 Å². The van der Waals surface area contributed by atoms with Crippen molar-refractivity contribution in [2.45, 2.75) is 25.3 Å². The summed E-state index contributed by atoms with van der Waals surface area (Å²) < 4.78 is 82.6. The highest BCUT2D eigenvalue weighted by Crippen LogP contribution is 2.34. The molecule has 0 bridgehead atoms. The van der Waals surface area contributed by atoms with Crippen molar-refractivity contribution < 1.29 is 35.7 Å². The number of rotatable bonds is 4. The third kappa shape index (κ3) is 4.82. The summed E-state index contributed by atoms with van der Waals surface area (Å²) in [6, 6.07) is 5.86. The summed E-state index contributed by atoms with van der Waals surface area (Å²) in [7, 11) is 0. The summed E-state index contributed by atoms with van der Waals surface area (Å²) in [4.78, 5) is 20.0. The lowest BCUT2D eigenvalue weighted by Crippen LogP contribution is -2.26. The van der Waals surface area contributed by atoms with E-state index in [-0.39, 0.29) is 22.2 Å². The molecule has 6 nitrogen and oxygen atoms in total. The van der Waals surface area contributed by atoms with Gasteiger partial charge in [0.1, 0.15) is 11.7 Å². The van der Waals surface area contributed by atoms with Gasteiger partial charge >= 0.3 is 12.4 Å². The molecule has 3 heterocycles. The number of amides is 1. The van der Waals surface area contributed by atoms with Gasteiger partial charge < -0.3 is 9.84 Å². The van der Waals surface area contributed by atoms with Gasteiger partial charge in [-0.2, -0.15) is 31.3 Å². The Hall–Kier alpha value is -3.48. The van der Waals surface area contributed by atoms with Crippen molar-refractivity contribution in [2.75, 3.05) is 0 Å². The summed E-state index contributed by atoms with van der Waals surface area (Å²) in [5, 5.41) is 6.70. The van der Waals surface area contributed by atoms with E-state index in [9.17, 15) is 31.1 Å². The Balaban J connectivity index is 1.51. The molecule has 0 aliphatic rings. The maximum atomic E-state index is 12.9. The number of hydrogen-bond donors (Lipinski definition) is 1. The lowest BCUT2D eigenvalue weighted by atomic mass is 10.1. The molecule has 0 fully saturated rings. The molecule has 0 saturated carbocycles. The lowest BCUT2D eigenvalue weighted by molar-refractivity contribution is -0.141. The van der Waals surface area contributed by atoms with Gasteiger partial charge in [0.05, 0.1) is 10.4 Å². The molecular weight excluding hydrogens is 474 g/mol. The van der Waals surface area contributed by atoms with Crippen LogP contribution in [0.1, 0.15) is 39.8 Å². The fourth-order valence-corrected chi connectivity index (χ4v) is 3.91. The number of halogens is 6. The topological polar surface area (TPSA) is 80.9 Å². The zero-order valence-electron chi connectivity index (χ0n) is 16.5. The summed E-state index contributed by atoms with van der Waals surface area (Å²) in [6.45, 7) is 1.51. The van der Waals surface area contributed by atoms with E-state index >= 15 is 0 Å². The number of alkyl halides is 6. The van der Waals surface area contributed by atoms with E-state index in [1.807, 2.05) is 0 Å². The maximum absolute atomic E-state index is 12.9. The minimum atomic E-state index is -4.64. The van der Waals surface area contributed by atoms with Gasteiger partial charge in [0, 0.05) is 16.5 Å².